The van der Waals surface area contributed by atoms with Crippen molar-refractivity contribution in [3.8, 4) is 0 Å². The molecule has 0 atom stereocenters. The fourth-order valence-electron chi connectivity index (χ4n) is 3.15. The molecular formula is C20H31N3O2. The van der Waals surface area contributed by atoms with Crippen molar-refractivity contribution in [2.45, 2.75) is 33.6 Å². The highest BCUT2D eigenvalue weighted by Gasteiger charge is 2.24. The summed E-state index contributed by atoms with van der Waals surface area (Å²) in [6.45, 7) is 11.6. The molecule has 0 saturated carbocycles. The molecule has 1 aliphatic rings. The Morgan fingerprint density at radius 3 is 1.96 bits per heavy atom. The lowest BCUT2D eigenvalue weighted by atomic mass is 10.1. The van der Waals surface area contributed by atoms with E-state index in [0.29, 0.717) is 39.0 Å². The van der Waals surface area contributed by atoms with E-state index < -0.39 is 0 Å². The Bertz CT molecular complexity index is 559. The summed E-state index contributed by atoms with van der Waals surface area (Å²) in [5.41, 5.74) is 2.25. The van der Waals surface area contributed by atoms with E-state index in [9.17, 15) is 9.59 Å². The molecule has 1 aromatic rings. The van der Waals surface area contributed by atoms with Gasteiger partial charge in [0.15, 0.2) is 0 Å². The first kappa shape index (κ1) is 19.4. The average Bonchev–Trinajstić information content (AvgIpc) is 2.64. The minimum Gasteiger partial charge on any atom is -0.339 e. The standard InChI is InChI=1S/C20H31N3O2/c1-4-21(5-2)11-10-19(24)22-12-14-23(15-13-22)20(25)16-18-8-6-17(3)7-9-18/h6-9H,4-5,10-16H2,1-3H3. The van der Waals surface area contributed by atoms with Crippen molar-refractivity contribution in [2.24, 2.45) is 0 Å². The van der Waals surface area contributed by atoms with Crippen molar-refractivity contribution in [3.05, 3.63) is 35.4 Å². The number of carbonyl (C=O) groups excluding carboxylic acids is 2. The Kier molecular flexibility index (Phi) is 7.44. The second-order valence-electron chi connectivity index (χ2n) is 6.70. The zero-order valence-corrected chi connectivity index (χ0v) is 15.8. The van der Waals surface area contributed by atoms with Crippen molar-refractivity contribution < 1.29 is 9.59 Å². The number of aryl methyl sites for hydroxylation is 1. The molecule has 0 unspecified atom stereocenters. The Balaban J connectivity index is 1.75. The molecule has 25 heavy (non-hydrogen) atoms. The predicted octanol–water partition coefficient (Wildman–Crippen LogP) is 1.94. The molecular weight excluding hydrogens is 314 g/mol. The Morgan fingerprint density at radius 2 is 1.44 bits per heavy atom. The quantitative estimate of drug-likeness (QED) is 0.759. The van der Waals surface area contributed by atoms with Crippen molar-refractivity contribution in [1.82, 2.24) is 14.7 Å². The number of rotatable bonds is 7. The van der Waals surface area contributed by atoms with Crippen molar-refractivity contribution in [1.29, 1.82) is 0 Å². The molecule has 1 fully saturated rings. The van der Waals surface area contributed by atoms with Gasteiger partial charge in [-0.25, -0.2) is 0 Å². The molecule has 0 aromatic heterocycles. The van der Waals surface area contributed by atoms with Crippen molar-refractivity contribution in [3.63, 3.8) is 0 Å². The monoisotopic (exact) mass is 345 g/mol. The first-order chi connectivity index (χ1) is 12.0. The topological polar surface area (TPSA) is 43.9 Å². The highest BCUT2D eigenvalue weighted by Crippen LogP contribution is 2.09. The SMILES string of the molecule is CCN(CC)CCC(=O)N1CCN(C(=O)Cc2ccc(C)cc2)CC1. The molecule has 1 heterocycles. The lowest BCUT2D eigenvalue weighted by Gasteiger charge is -2.35. The molecule has 1 aliphatic heterocycles. The van der Waals surface area contributed by atoms with E-state index in [0.717, 1.165) is 25.2 Å². The molecule has 2 rings (SSSR count). The first-order valence-corrected chi connectivity index (χ1v) is 9.37. The van der Waals surface area contributed by atoms with E-state index in [1.807, 2.05) is 41.0 Å². The van der Waals surface area contributed by atoms with Gasteiger partial charge in [-0.05, 0) is 25.6 Å². The van der Waals surface area contributed by atoms with Crippen LogP contribution < -0.4 is 0 Å². The predicted molar refractivity (Wildman–Crippen MR) is 100 cm³/mol. The number of carbonyl (C=O) groups is 2. The van der Waals surface area contributed by atoms with Gasteiger partial charge in [-0.2, -0.15) is 0 Å². The molecule has 1 saturated heterocycles. The van der Waals surface area contributed by atoms with Gasteiger partial charge in [0.2, 0.25) is 11.8 Å². The van der Waals surface area contributed by atoms with Crippen LogP contribution in [0.4, 0.5) is 0 Å². The van der Waals surface area contributed by atoms with Crippen LogP contribution in [0, 0.1) is 6.92 Å². The van der Waals surface area contributed by atoms with E-state index >= 15 is 0 Å². The molecule has 0 radical (unpaired) electrons. The summed E-state index contributed by atoms with van der Waals surface area (Å²) in [6, 6.07) is 8.10. The zero-order chi connectivity index (χ0) is 18.2. The van der Waals surface area contributed by atoms with E-state index in [2.05, 4.69) is 18.7 Å². The normalized spacial score (nSPS) is 14.9. The van der Waals surface area contributed by atoms with Gasteiger partial charge in [0.05, 0.1) is 6.42 Å². The number of benzene rings is 1. The van der Waals surface area contributed by atoms with E-state index in [4.69, 9.17) is 0 Å². The van der Waals surface area contributed by atoms with Crippen LogP contribution in [-0.2, 0) is 16.0 Å². The van der Waals surface area contributed by atoms with Crippen LogP contribution in [0.25, 0.3) is 0 Å². The van der Waals surface area contributed by atoms with Crippen molar-refractivity contribution in [2.75, 3.05) is 45.8 Å². The maximum atomic E-state index is 12.4. The maximum absolute atomic E-state index is 12.4. The summed E-state index contributed by atoms with van der Waals surface area (Å²) in [5, 5.41) is 0. The van der Waals surface area contributed by atoms with Crippen LogP contribution in [0.15, 0.2) is 24.3 Å². The van der Waals surface area contributed by atoms with E-state index in [-0.39, 0.29) is 11.8 Å². The fourth-order valence-corrected chi connectivity index (χ4v) is 3.15. The van der Waals surface area contributed by atoms with Crippen LogP contribution in [0.2, 0.25) is 0 Å². The lowest BCUT2D eigenvalue weighted by Crippen LogP contribution is -2.51. The molecule has 5 nitrogen and oxygen atoms in total. The van der Waals surface area contributed by atoms with Gasteiger partial charge >= 0.3 is 0 Å². The van der Waals surface area contributed by atoms with Crippen LogP contribution in [0.3, 0.4) is 0 Å². The van der Waals surface area contributed by atoms with Gasteiger partial charge in [-0.15, -0.1) is 0 Å². The van der Waals surface area contributed by atoms with Gasteiger partial charge in [-0.3, -0.25) is 9.59 Å². The van der Waals surface area contributed by atoms with Crippen LogP contribution in [0.1, 0.15) is 31.4 Å². The fraction of sp³-hybridized carbons (Fsp3) is 0.600. The molecule has 1 aromatic carbocycles. The van der Waals surface area contributed by atoms with Gasteiger partial charge in [-0.1, -0.05) is 43.7 Å². The second kappa shape index (κ2) is 9.56. The molecule has 0 bridgehead atoms. The molecule has 5 heteroatoms. The summed E-state index contributed by atoms with van der Waals surface area (Å²) < 4.78 is 0. The number of nitrogens with zero attached hydrogens (tertiary/aromatic N) is 3. The van der Waals surface area contributed by atoms with Gasteiger partial charge < -0.3 is 14.7 Å². The summed E-state index contributed by atoms with van der Waals surface area (Å²) in [5.74, 6) is 0.358. The smallest absolute Gasteiger partial charge is 0.227 e. The number of hydrogen-bond acceptors (Lipinski definition) is 3. The minimum atomic E-state index is 0.152. The summed E-state index contributed by atoms with van der Waals surface area (Å²) in [4.78, 5) is 30.8. The Morgan fingerprint density at radius 1 is 0.920 bits per heavy atom. The van der Waals surface area contributed by atoms with E-state index in [1.165, 1.54) is 5.56 Å². The Hall–Kier alpha value is -1.88. The van der Waals surface area contributed by atoms with Gasteiger partial charge in [0.1, 0.15) is 0 Å². The van der Waals surface area contributed by atoms with Crippen LogP contribution >= 0.6 is 0 Å². The zero-order valence-electron chi connectivity index (χ0n) is 15.8. The van der Waals surface area contributed by atoms with Crippen LogP contribution in [-0.4, -0.2) is 72.3 Å². The lowest BCUT2D eigenvalue weighted by molar-refractivity contribution is -0.139. The molecule has 0 spiro atoms. The minimum absolute atomic E-state index is 0.152. The van der Waals surface area contributed by atoms with Gasteiger partial charge in [0, 0.05) is 39.1 Å². The highest BCUT2D eigenvalue weighted by molar-refractivity contribution is 5.80. The first-order valence-electron chi connectivity index (χ1n) is 9.37. The number of amides is 2. The average molecular weight is 345 g/mol. The second-order valence-corrected chi connectivity index (χ2v) is 6.70. The highest BCUT2D eigenvalue weighted by atomic mass is 16.2. The van der Waals surface area contributed by atoms with E-state index in [1.54, 1.807) is 0 Å². The number of hydrogen-bond donors (Lipinski definition) is 0. The third-order valence-electron chi connectivity index (χ3n) is 5.00. The number of piperazine rings is 1. The maximum Gasteiger partial charge on any atom is 0.227 e. The molecule has 138 valence electrons. The largest absolute Gasteiger partial charge is 0.339 e. The third-order valence-corrected chi connectivity index (χ3v) is 5.00. The summed E-state index contributed by atoms with van der Waals surface area (Å²) in [7, 11) is 0. The molecule has 0 aliphatic carbocycles. The Labute approximate surface area is 151 Å². The summed E-state index contributed by atoms with van der Waals surface area (Å²) in [6.07, 6.45) is 1.01. The third kappa shape index (κ3) is 5.85. The molecule has 0 N–H and O–H groups in total. The van der Waals surface area contributed by atoms with Crippen molar-refractivity contribution >= 4 is 11.8 Å². The molecule has 2 amide bonds. The van der Waals surface area contributed by atoms with Crippen LogP contribution in [0.5, 0.6) is 0 Å². The van der Waals surface area contributed by atoms with Gasteiger partial charge in [0.25, 0.3) is 0 Å². The summed E-state index contributed by atoms with van der Waals surface area (Å²) >= 11 is 0.